The highest BCUT2D eigenvalue weighted by atomic mass is 35.5. The number of halogens is 1. The number of imidazole rings is 1. The van der Waals surface area contributed by atoms with Gasteiger partial charge in [0.1, 0.15) is 17.4 Å². The van der Waals surface area contributed by atoms with Gasteiger partial charge < -0.3 is 9.14 Å². The standard InChI is InChI=1S/C18H17ClN4O/c1-11(2)18-21-15(19)7-17(22-18)24-10-14-9-23-8-13(12-3-4-12)5-6-16(23)20-14/h5-9,12H,1,3-4,10H2,2H3. The Bertz CT molecular complexity index is 930. The summed E-state index contributed by atoms with van der Waals surface area (Å²) in [7, 11) is 0. The van der Waals surface area contributed by atoms with Crippen molar-refractivity contribution < 1.29 is 4.74 Å². The van der Waals surface area contributed by atoms with Gasteiger partial charge in [-0.2, -0.15) is 4.98 Å². The van der Waals surface area contributed by atoms with Crippen molar-refractivity contribution in [3.05, 3.63) is 59.4 Å². The zero-order valence-electron chi connectivity index (χ0n) is 13.4. The van der Waals surface area contributed by atoms with Gasteiger partial charge in [0.05, 0.1) is 5.69 Å². The predicted molar refractivity (Wildman–Crippen MR) is 93.2 cm³/mol. The van der Waals surface area contributed by atoms with Gasteiger partial charge in [-0.05, 0) is 42.9 Å². The average Bonchev–Trinajstić information content (AvgIpc) is 3.32. The fourth-order valence-corrected chi connectivity index (χ4v) is 2.77. The van der Waals surface area contributed by atoms with Gasteiger partial charge in [0.2, 0.25) is 5.88 Å². The van der Waals surface area contributed by atoms with Crippen LogP contribution in [0, 0.1) is 0 Å². The van der Waals surface area contributed by atoms with Crippen molar-refractivity contribution in [2.75, 3.05) is 0 Å². The van der Waals surface area contributed by atoms with E-state index in [1.807, 2.05) is 13.1 Å². The Labute approximate surface area is 145 Å². The maximum Gasteiger partial charge on any atom is 0.218 e. The molecule has 1 saturated carbocycles. The molecule has 3 heterocycles. The van der Waals surface area contributed by atoms with Crippen molar-refractivity contribution >= 4 is 22.8 Å². The van der Waals surface area contributed by atoms with Crippen LogP contribution in [-0.2, 0) is 6.61 Å². The average molecular weight is 341 g/mol. The van der Waals surface area contributed by atoms with E-state index in [1.165, 1.54) is 18.4 Å². The first kappa shape index (κ1) is 15.1. The first-order chi connectivity index (χ1) is 11.6. The first-order valence-electron chi connectivity index (χ1n) is 7.89. The Morgan fingerprint density at radius 1 is 1.29 bits per heavy atom. The van der Waals surface area contributed by atoms with Gasteiger partial charge in [-0.15, -0.1) is 0 Å². The Morgan fingerprint density at radius 3 is 2.88 bits per heavy atom. The minimum atomic E-state index is 0.323. The third-order valence-corrected chi connectivity index (χ3v) is 4.19. The van der Waals surface area contributed by atoms with Crippen molar-refractivity contribution in [2.45, 2.75) is 32.3 Å². The Balaban J connectivity index is 1.53. The van der Waals surface area contributed by atoms with Crippen LogP contribution in [0.2, 0.25) is 5.15 Å². The van der Waals surface area contributed by atoms with E-state index in [2.05, 4.69) is 44.3 Å². The predicted octanol–water partition coefficient (Wildman–Crippen LogP) is 4.27. The molecular formula is C18H17ClN4O. The molecule has 0 saturated heterocycles. The van der Waals surface area contributed by atoms with Crippen molar-refractivity contribution in [3.63, 3.8) is 0 Å². The summed E-state index contributed by atoms with van der Waals surface area (Å²) in [5.74, 6) is 1.63. The van der Waals surface area contributed by atoms with Crippen LogP contribution in [0.3, 0.4) is 0 Å². The maximum atomic E-state index is 6.00. The fraction of sp³-hybridized carbons (Fsp3) is 0.278. The molecule has 0 aromatic carbocycles. The van der Waals surface area contributed by atoms with Crippen LogP contribution in [0.15, 0.2) is 37.2 Å². The minimum absolute atomic E-state index is 0.323. The molecular weight excluding hydrogens is 324 g/mol. The van der Waals surface area contributed by atoms with E-state index in [0.29, 0.717) is 23.5 Å². The highest BCUT2D eigenvalue weighted by Gasteiger charge is 2.23. The van der Waals surface area contributed by atoms with Crippen LogP contribution in [0.4, 0.5) is 0 Å². The van der Waals surface area contributed by atoms with Gasteiger partial charge in [-0.1, -0.05) is 24.2 Å². The zero-order valence-corrected chi connectivity index (χ0v) is 14.1. The number of pyridine rings is 1. The molecule has 3 aromatic heterocycles. The van der Waals surface area contributed by atoms with Crippen LogP contribution >= 0.6 is 11.6 Å². The lowest BCUT2D eigenvalue weighted by Crippen LogP contribution is -2.00. The Morgan fingerprint density at radius 2 is 2.12 bits per heavy atom. The number of allylic oxidation sites excluding steroid dienone is 1. The molecule has 5 nitrogen and oxygen atoms in total. The van der Waals surface area contributed by atoms with Crippen LogP contribution in [0.25, 0.3) is 11.2 Å². The van der Waals surface area contributed by atoms with Crippen LogP contribution in [-0.4, -0.2) is 19.4 Å². The molecule has 4 rings (SSSR count). The molecule has 0 bridgehead atoms. The number of nitrogens with zero attached hydrogens (tertiary/aromatic N) is 4. The molecule has 3 aromatic rings. The fourth-order valence-electron chi connectivity index (χ4n) is 2.60. The highest BCUT2D eigenvalue weighted by Crippen LogP contribution is 2.39. The van der Waals surface area contributed by atoms with Crippen molar-refractivity contribution in [1.29, 1.82) is 0 Å². The Kier molecular flexibility index (Phi) is 3.73. The SMILES string of the molecule is C=C(C)c1nc(Cl)cc(OCc2cn3cc(C4CC4)ccc3n2)n1. The van der Waals surface area contributed by atoms with E-state index in [4.69, 9.17) is 16.3 Å². The van der Waals surface area contributed by atoms with E-state index in [-0.39, 0.29) is 0 Å². The van der Waals surface area contributed by atoms with E-state index >= 15 is 0 Å². The first-order valence-corrected chi connectivity index (χ1v) is 8.27. The summed E-state index contributed by atoms with van der Waals surface area (Å²) >= 11 is 6.00. The van der Waals surface area contributed by atoms with Crippen LogP contribution < -0.4 is 4.74 Å². The minimum Gasteiger partial charge on any atom is -0.471 e. The van der Waals surface area contributed by atoms with Crippen LogP contribution in [0.1, 0.15) is 42.8 Å². The molecule has 0 amide bonds. The molecule has 6 heteroatoms. The summed E-state index contributed by atoms with van der Waals surface area (Å²) in [5.41, 5.74) is 3.87. The molecule has 24 heavy (non-hydrogen) atoms. The number of fused-ring (bicyclic) bond motifs is 1. The molecule has 0 atom stereocenters. The third-order valence-electron chi connectivity index (χ3n) is 3.99. The maximum absolute atomic E-state index is 6.00. The summed E-state index contributed by atoms with van der Waals surface area (Å²) in [4.78, 5) is 13.0. The van der Waals surface area contributed by atoms with E-state index in [1.54, 1.807) is 6.07 Å². The van der Waals surface area contributed by atoms with Gasteiger partial charge in [0.15, 0.2) is 5.82 Å². The number of hydrogen-bond donors (Lipinski definition) is 0. The highest BCUT2D eigenvalue weighted by molar-refractivity contribution is 6.29. The van der Waals surface area contributed by atoms with Crippen molar-refractivity contribution in [2.24, 2.45) is 0 Å². The monoisotopic (exact) mass is 340 g/mol. The normalized spacial score (nSPS) is 14.1. The third kappa shape index (κ3) is 3.12. The summed E-state index contributed by atoms with van der Waals surface area (Å²) in [5, 5.41) is 0.335. The molecule has 0 aliphatic heterocycles. The second-order valence-electron chi connectivity index (χ2n) is 6.16. The van der Waals surface area contributed by atoms with E-state index < -0.39 is 0 Å². The van der Waals surface area contributed by atoms with E-state index in [0.717, 1.165) is 22.8 Å². The largest absolute Gasteiger partial charge is 0.471 e. The lowest BCUT2D eigenvalue weighted by molar-refractivity contribution is 0.289. The zero-order chi connectivity index (χ0) is 16.7. The van der Waals surface area contributed by atoms with Gasteiger partial charge in [-0.25, -0.2) is 9.97 Å². The molecule has 1 aliphatic rings. The molecule has 0 radical (unpaired) electrons. The number of ether oxygens (including phenoxy) is 1. The quantitative estimate of drug-likeness (QED) is 0.651. The lowest BCUT2D eigenvalue weighted by Gasteiger charge is -2.05. The lowest BCUT2D eigenvalue weighted by atomic mass is 10.2. The summed E-state index contributed by atoms with van der Waals surface area (Å²) in [6, 6.07) is 5.81. The molecule has 0 unspecified atom stereocenters. The number of aromatic nitrogens is 4. The topological polar surface area (TPSA) is 52.3 Å². The second-order valence-corrected chi connectivity index (χ2v) is 6.54. The molecule has 1 aliphatic carbocycles. The summed E-state index contributed by atoms with van der Waals surface area (Å²) in [6.07, 6.45) is 6.72. The molecule has 122 valence electrons. The smallest absolute Gasteiger partial charge is 0.218 e. The number of rotatable bonds is 5. The van der Waals surface area contributed by atoms with Crippen molar-refractivity contribution in [3.8, 4) is 5.88 Å². The summed E-state index contributed by atoms with van der Waals surface area (Å²) < 4.78 is 7.78. The second kappa shape index (κ2) is 5.91. The molecule has 0 N–H and O–H groups in total. The Hall–Kier alpha value is -2.40. The van der Waals surface area contributed by atoms with Crippen molar-refractivity contribution in [1.82, 2.24) is 19.4 Å². The van der Waals surface area contributed by atoms with Gasteiger partial charge in [0.25, 0.3) is 0 Å². The van der Waals surface area contributed by atoms with Crippen LogP contribution in [0.5, 0.6) is 5.88 Å². The van der Waals surface area contributed by atoms with Gasteiger partial charge in [0, 0.05) is 18.5 Å². The molecule has 0 spiro atoms. The number of hydrogen-bond acceptors (Lipinski definition) is 4. The molecule has 1 fully saturated rings. The van der Waals surface area contributed by atoms with Gasteiger partial charge >= 0.3 is 0 Å². The van der Waals surface area contributed by atoms with E-state index in [9.17, 15) is 0 Å². The summed E-state index contributed by atoms with van der Waals surface area (Å²) in [6.45, 7) is 5.98. The van der Waals surface area contributed by atoms with Gasteiger partial charge in [-0.3, -0.25) is 0 Å².